The number of carbonyl (C=O) groups is 1. The van der Waals surface area contributed by atoms with Crippen LogP contribution in [0.4, 0.5) is 5.69 Å². The second kappa shape index (κ2) is 9.81. The van der Waals surface area contributed by atoms with Gasteiger partial charge in [-0.1, -0.05) is 25.0 Å². The number of piperazine rings is 2. The summed E-state index contributed by atoms with van der Waals surface area (Å²) in [5, 5.41) is 0. The van der Waals surface area contributed by atoms with Crippen LogP contribution >= 0.6 is 0 Å². The van der Waals surface area contributed by atoms with E-state index < -0.39 is 0 Å². The number of para-hydroxylation sites is 2. The topological polar surface area (TPSA) is 39.3 Å². The molecule has 4 rings (SSSR count). The Bertz CT molecular complexity index is 661. The van der Waals surface area contributed by atoms with Crippen LogP contribution in [0.15, 0.2) is 24.3 Å². The molecular weight excluding hydrogens is 364 g/mol. The Morgan fingerprint density at radius 2 is 1.66 bits per heavy atom. The molecule has 0 radical (unpaired) electrons. The highest BCUT2D eigenvalue weighted by Crippen LogP contribution is 2.29. The van der Waals surface area contributed by atoms with E-state index in [9.17, 15) is 4.79 Å². The molecule has 160 valence electrons. The predicted octanol–water partition coefficient (Wildman–Crippen LogP) is 2.29. The lowest BCUT2D eigenvalue weighted by molar-refractivity contribution is -0.134. The zero-order chi connectivity index (χ0) is 20.1. The van der Waals surface area contributed by atoms with Crippen molar-refractivity contribution in [3.8, 4) is 5.75 Å². The van der Waals surface area contributed by atoms with Gasteiger partial charge in [-0.05, 0) is 31.9 Å². The maximum atomic E-state index is 12.8. The highest BCUT2D eigenvalue weighted by Gasteiger charge is 2.29. The van der Waals surface area contributed by atoms with Crippen LogP contribution in [0, 0.1) is 0 Å². The third-order valence-corrected chi connectivity index (χ3v) is 6.75. The van der Waals surface area contributed by atoms with E-state index in [1.54, 1.807) is 0 Å². The Balaban J connectivity index is 1.22. The maximum Gasteiger partial charge on any atom is 0.236 e. The van der Waals surface area contributed by atoms with Gasteiger partial charge in [-0.15, -0.1) is 0 Å². The second-order valence-corrected chi connectivity index (χ2v) is 8.52. The van der Waals surface area contributed by atoms with Gasteiger partial charge < -0.3 is 14.5 Å². The number of hydrogen-bond acceptors (Lipinski definition) is 5. The first-order valence-electron chi connectivity index (χ1n) is 11.5. The van der Waals surface area contributed by atoms with Crippen LogP contribution in [-0.4, -0.2) is 92.2 Å². The summed E-state index contributed by atoms with van der Waals surface area (Å²) in [5.41, 5.74) is 1.17. The molecule has 6 nitrogen and oxygen atoms in total. The number of anilines is 1. The SMILES string of the molecule is CCOc1ccccc1N1CCN(CC(=O)N2CCN(C3CCCC3)CC2)CC1. The summed E-state index contributed by atoms with van der Waals surface area (Å²) in [7, 11) is 0. The fourth-order valence-corrected chi connectivity index (χ4v) is 5.04. The summed E-state index contributed by atoms with van der Waals surface area (Å²) in [6, 6.07) is 9.05. The zero-order valence-corrected chi connectivity index (χ0v) is 17.9. The van der Waals surface area contributed by atoms with E-state index in [0.29, 0.717) is 19.1 Å². The van der Waals surface area contributed by atoms with Gasteiger partial charge in [-0.25, -0.2) is 0 Å². The Hall–Kier alpha value is -1.79. The zero-order valence-electron chi connectivity index (χ0n) is 17.9. The Kier molecular flexibility index (Phi) is 6.93. The van der Waals surface area contributed by atoms with E-state index in [1.807, 2.05) is 19.1 Å². The molecule has 0 bridgehead atoms. The number of hydrogen-bond donors (Lipinski definition) is 0. The van der Waals surface area contributed by atoms with E-state index in [4.69, 9.17) is 4.74 Å². The Morgan fingerprint density at radius 1 is 0.966 bits per heavy atom. The van der Waals surface area contributed by atoms with Crippen molar-refractivity contribution in [1.29, 1.82) is 0 Å². The molecular formula is C23H36N4O2. The molecule has 1 saturated carbocycles. The average molecular weight is 401 g/mol. The van der Waals surface area contributed by atoms with Crippen molar-refractivity contribution < 1.29 is 9.53 Å². The molecule has 2 heterocycles. The van der Waals surface area contributed by atoms with Gasteiger partial charge in [0, 0.05) is 58.4 Å². The summed E-state index contributed by atoms with van der Waals surface area (Å²) in [6.45, 7) is 10.9. The molecule has 29 heavy (non-hydrogen) atoms. The molecule has 1 aliphatic carbocycles. The standard InChI is InChI=1S/C23H36N4O2/c1-2-29-22-10-6-5-9-21(22)26-13-11-24(12-14-26)19-23(28)27-17-15-25(16-18-27)20-7-3-4-8-20/h5-6,9-10,20H,2-4,7-8,11-19H2,1H3. The highest BCUT2D eigenvalue weighted by atomic mass is 16.5. The lowest BCUT2D eigenvalue weighted by atomic mass is 10.2. The van der Waals surface area contributed by atoms with Gasteiger partial charge in [0.25, 0.3) is 0 Å². The highest BCUT2D eigenvalue weighted by molar-refractivity contribution is 5.78. The van der Waals surface area contributed by atoms with E-state index in [1.165, 1.54) is 31.4 Å². The lowest BCUT2D eigenvalue weighted by Crippen LogP contribution is -2.55. The van der Waals surface area contributed by atoms with E-state index >= 15 is 0 Å². The van der Waals surface area contributed by atoms with Crippen LogP contribution in [0.5, 0.6) is 5.75 Å². The molecule has 0 atom stereocenters. The largest absolute Gasteiger partial charge is 0.492 e. The number of amides is 1. The van der Waals surface area contributed by atoms with E-state index in [-0.39, 0.29) is 0 Å². The Labute approximate surface area is 175 Å². The van der Waals surface area contributed by atoms with Gasteiger partial charge in [-0.2, -0.15) is 0 Å². The predicted molar refractivity (Wildman–Crippen MR) is 117 cm³/mol. The monoisotopic (exact) mass is 400 g/mol. The van der Waals surface area contributed by atoms with Crippen LogP contribution in [0.25, 0.3) is 0 Å². The van der Waals surface area contributed by atoms with Gasteiger partial charge >= 0.3 is 0 Å². The molecule has 0 spiro atoms. The fraction of sp³-hybridized carbons (Fsp3) is 0.696. The van der Waals surface area contributed by atoms with Crippen molar-refractivity contribution in [3.63, 3.8) is 0 Å². The number of nitrogens with zero attached hydrogens (tertiary/aromatic N) is 4. The molecule has 1 amide bonds. The van der Waals surface area contributed by atoms with Crippen LogP contribution in [0.3, 0.4) is 0 Å². The summed E-state index contributed by atoms with van der Waals surface area (Å²) in [6.07, 6.45) is 5.46. The van der Waals surface area contributed by atoms with Crippen LogP contribution < -0.4 is 9.64 Å². The molecule has 3 aliphatic rings. The molecule has 0 N–H and O–H groups in total. The maximum absolute atomic E-state index is 12.8. The summed E-state index contributed by atoms with van der Waals surface area (Å²) < 4.78 is 5.79. The van der Waals surface area contributed by atoms with Crippen molar-refractivity contribution in [1.82, 2.24) is 14.7 Å². The second-order valence-electron chi connectivity index (χ2n) is 8.52. The molecule has 2 saturated heterocycles. The van der Waals surface area contributed by atoms with Crippen LogP contribution in [0.1, 0.15) is 32.6 Å². The first kappa shape index (κ1) is 20.5. The normalized spacial score (nSPS) is 22.2. The molecule has 0 unspecified atom stereocenters. The first-order valence-corrected chi connectivity index (χ1v) is 11.5. The van der Waals surface area contributed by atoms with E-state index in [2.05, 4.69) is 31.7 Å². The van der Waals surface area contributed by atoms with Gasteiger partial charge in [0.2, 0.25) is 5.91 Å². The number of benzene rings is 1. The van der Waals surface area contributed by atoms with Crippen molar-refractivity contribution in [2.75, 3.05) is 70.4 Å². The van der Waals surface area contributed by atoms with Gasteiger partial charge in [-0.3, -0.25) is 14.6 Å². The fourth-order valence-electron chi connectivity index (χ4n) is 5.04. The minimum atomic E-state index is 0.305. The van der Waals surface area contributed by atoms with Crippen molar-refractivity contribution in [2.45, 2.75) is 38.6 Å². The number of ether oxygens (including phenoxy) is 1. The summed E-state index contributed by atoms with van der Waals surface area (Å²) >= 11 is 0. The van der Waals surface area contributed by atoms with Crippen LogP contribution in [0.2, 0.25) is 0 Å². The third kappa shape index (κ3) is 5.04. The first-order chi connectivity index (χ1) is 14.2. The molecule has 1 aromatic carbocycles. The summed E-state index contributed by atoms with van der Waals surface area (Å²) in [4.78, 5) is 22.2. The summed E-state index contributed by atoms with van der Waals surface area (Å²) in [5.74, 6) is 1.26. The minimum Gasteiger partial charge on any atom is -0.492 e. The third-order valence-electron chi connectivity index (χ3n) is 6.75. The average Bonchev–Trinajstić information content (AvgIpc) is 3.30. The van der Waals surface area contributed by atoms with E-state index in [0.717, 1.165) is 64.1 Å². The molecule has 2 aliphatic heterocycles. The van der Waals surface area contributed by atoms with Gasteiger partial charge in [0.15, 0.2) is 0 Å². The quantitative estimate of drug-likeness (QED) is 0.733. The van der Waals surface area contributed by atoms with Gasteiger partial charge in [0.1, 0.15) is 5.75 Å². The number of carbonyl (C=O) groups excluding carboxylic acids is 1. The number of rotatable bonds is 6. The Morgan fingerprint density at radius 3 is 2.34 bits per heavy atom. The van der Waals surface area contributed by atoms with Crippen molar-refractivity contribution in [2.24, 2.45) is 0 Å². The van der Waals surface area contributed by atoms with Crippen molar-refractivity contribution in [3.05, 3.63) is 24.3 Å². The van der Waals surface area contributed by atoms with Crippen molar-refractivity contribution >= 4 is 11.6 Å². The van der Waals surface area contributed by atoms with Crippen LogP contribution in [-0.2, 0) is 4.79 Å². The molecule has 6 heteroatoms. The molecule has 3 fully saturated rings. The minimum absolute atomic E-state index is 0.305. The van der Waals surface area contributed by atoms with Gasteiger partial charge in [0.05, 0.1) is 18.8 Å². The smallest absolute Gasteiger partial charge is 0.236 e. The lowest BCUT2D eigenvalue weighted by Gasteiger charge is -2.40. The molecule has 0 aromatic heterocycles. The molecule has 1 aromatic rings.